The molecule has 3 aromatic rings. The summed E-state index contributed by atoms with van der Waals surface area (Å²) in [6.07, 6.45) is 3.94. The molecule has 0 atom stereocenters. The van der Waals surface area contributed by atoms with Crippen LogP contribution in [0.5, 0.6) is 5.75 Å². The molecule has 1 aliphatic rings. The van der Waals surface area contributed by atoms with Gasteiger partial charge in [-0.2, -0.15) is 4.68 Å². The molecule has 4 rings (SSSR count). The number of hydrogen-bond acceptors (Lipinski definition) is 6. The van der Waals surface area contributed by atoms with E-state index >= 15 is 0 Å². The molecule has 0 saturated carbocycles. The number of tetrazole rings is 1. The van der Waals surface area contributed by atoms with Crippen LogP contribution in [0.25, 0.3) is 11.8 Å². The van der Waals surface area contributed by atoms with Crippen LogP contribution in [0.1, 0.15) is 5.82 Å². The molecule has 0 radical (unpaired) electrons. The molecule has 0 unspecified atom stereocenters. The largest absolute Gasteiger partial charge is 0.497 e. The molecule has 144 valence electrons. The molecule has 1 saturated heterocycles. The van der Waals surface area contributed by atoms with Crippen LogP contribution in [0.4, 0.5) is 10.1 Å². The van der Waals surface area contributed by atoms with E-state index in [-0.39, 0.29) is 5.82 Å². The second-order valence-corrected chi connectivity index (χ2v) is 6.46. The average Bonchev–Trinajstić information content (AvgIpc) is 3.22. The Bertz CT molecular complexity index is 930. The van der Waals surface area contributed by atoms with Crippen molar-refractivity contribution in [2.75, 3.05) is 38.2 Å². The Morgan fingerprint density at radius 2 is 1.61 bits per heavy atom. The predicted molar refractivity (Wildman–Crippen MR) is 105 cm³/mol. The smallest absolute Gasteiger partial charge is 0.181 e. The van der Waals surface area contributed by atoms with E-state index in [1.165, 1.54) is 12.1 Å². The number of methoxy groups -OCH3 is 1. The van der Waals surface area contributed by atoms with Gasteiger partial charge in [-0.25, -0.2) is 4.39 Å². The van der Waals surface area contributed by atoms with E-state index in [2.05, 4.69) is 25.3 Å². The Balaban J connectivity index is 1.39. The lowest BCUT2D eigenvalue weighted by atomic mass is 10.2. The van der Waals surface area contributed by atoms with Crippen molar-refractivity contribution < 1.29 is 9.13 Å². The summed E-state index contributed by atoms with van der Waals surface area (Å²) in [4.78, 5) is 4.48. The Hall–Kier alpha value is -3.42. The summed E-state index contributed by atoms with van der Waals surface area (Å²) in [5, 5.41) is 12.0. The highest BCUT2D eigenvalue weighted by Crippen LogP contribution is 2.18. The van der Waals surface area contributed by atoms with Gasteiger partial charge in [0, 0.05) is 44.1 Å². The number of piperazine rings is 1. The van der Waals surface area contributed by atoms with Gasteiger partial charge in [-0.15, -0.1) is 5.10 Å². The molecule has 1 aliphatic heterocycles. The zero-order chi connectivity index (χ0) is 19.3. The SMILES string of the molecule is COc1ccc(-n2nnnc2C=CN2CCN(c3ccc(F)cc3)CC2)cc1. The molecule has 0 aliphatic carbocycles. The van der Waals surface area contributed by atoms with Crippen molar-refractivity contribution in [3.8, 4) is 11.4 Å². The molecule has 1 aromatic heterocycles. The number of benzene rings is 2. The van der Waals surface area contributed by atoms with Crippen molar-refractivity contribution in [3.63, 3.8) is 0 Å². The van der Waals surface area contributed by atoms with E-state index in [4.69, 9.17) is 4.74 Å². The van der Waals surface area contributed by atoms with Crippen LogP contribution >= 0.6 is 0 Å². The Kier molecular flexibility index (Phi) is 5.18. The number of anilines is 1. The highest BCUT2D eigenvalue weighted by molar-refractivity contribution is 5.48. The zero-order valence-electron chi connectivity index (χ0n) is 15.6. The standard InChI is InChI=1S/C20H21FN6O/c1-28-19-8-6-18(7-9-19)27-20(22-23-24-27)10-11-25-12-14-26(15-13-25)17-4-2-16(21)3-5-17/h2-11H,12-15H2,1H3. The quantitative estimate of drug-likeness (QED) is 0.678. The normalized spacial score (nSPS) is 14.6. The number of halogens is 1. The van der Waals surface area contributed by atoms with Gasteiger partial charge in [0.15, 0.2) is 5.82 Å². The molecule has 0 spiro atoms. The Morgan fingerprint density at radius 1 is 0.929 bits per heavy atom. The summed E-state index contributed by atoms with van der Waals surface area (Å²) in [6, 6.07) is 14.2. The predicted octanol–water partition coefficient (Wildman–Crippen LogP) is 2.60. The molecule has 0 amide bonds. The molecule has 7 nitrogen and oxygen atoms in total. The lowest BCUT2D eigenvalue weighted by Gasteiger charge is -2.35. The average molecular weight is 380 g/mol. The third kappa shape index (κ3) is 3.95. The number of rotatable bonds is 5. The molecule has 1 fully saturated rings. The van der Waals surface area contributed by atoms with Crippen LogP contribution in [-0.2, 0) is 0 Å². The van der Waals surface area contributed by atoms with Crippen LogP contribution in [0.15, 0.2) is 54.7 Å². The number of nitrogens with zero attached hydrogens (tertiary/aromatic N) is 6. The van der Waals surface area contributed by atoms with Crippen molar-refractivity contribution in [2.24, 2.45) is 0 Å². The molecule has 28 heavy (non-hydrogen) atoms. The van der Waals surface area contributed by atoms with E-state index in [1.54, 1.807) is 11.8 Å². The summed E-state index contributed by atoms with van der Waals surface area (Å²) < 4.78 is 20.0. The van der Waals surface area contributed by atoms with E-state index in [0.717, 1.165) is 43.3 Å². The maximum atomic E-state index is 13.1. The third-order valence-corrected chi connectivity index (χ3v) is 4.75. The van der Waals surface area contributed by atoms with Gasteiger partial charge in [0.2, 0.25) is 0 Å². The van der Waals surface area contributed by atoms with Crippen molar-refractivity contribution in [2.45, 2.75) is 0 Å². The van der Waals surface area contributed by atoms with E-state index in [0.29, 0.717) is 5.82 Å². The van der Waals surface area contributed by atoms with E-state index < -0.39 is 0 Å². The van der Waals surface area contributed by atoms with Gasteiger partial charge in [-0.05, 0) is 59.0 Å². The first kappa shape index (κ1) is 18.0. The summed E-state index contributed by atoms with van der Waals surface area (Å²) in [7, 11) is 1.63. The molecule has 0 N–H and O–H groups in total. The van der Waals surface area contributed by atoms with Crippen LogP contribution in [0.3, 0.4) is 0 Å². The minimum absolute atomic E-state index is 0.208. The van der Waals surface area contributed by atoms with Crippen molar-refractivity contribution in [3.05, 3.63) is 66.4 Å². The Labute approximate surface area is 162 Å². The van der Waals surface area contributed by atoms with Crippen LogP contribution in [0, 0.1) is 5.82 Å². The fourth-order valence-corrected chi connectivity index (χ4v) is 3.16. The number of ether oxygens (including phenoxy) is 1. The summed E-state index contributed by atoms with van der Waals surface area (Å²) in [5.74, 6) is 1.24. The van der Waals surface area contributed by atoms with E-state index in [1.807, 2.05) is 48.7 Å². The lowest BCUT2D eigenvalue weighted by molar-refractivity contribution is 0.351. The minimum Gasteiger partial charge on any atom is -0.497 e. The maximum Gasteiger partial charge on any atom is 0.181 e. The van der Waals surface area contributed by atoms with Gasteiger partial charge in [0.05, 0.1) is 12.8 Å². The second-order valence-electron chi connectivity index (χ2n) is 6.46. The first-order valence-electron chi connectivity index (χ1n) is 9.08. The highest BCUT2D eigenvalue weighted by atomic mass is 19.1. The summed E-state index contributed by atoms with van der Waals surface area (Å²) in [5.41, 5.74) is 1.92. The molecule has 2 heterocycles. The van der Waals surface area contributed by atoms with Gasteiger partial charge >= 0.3 is 0 Å². The van der Waals surface area contributed by atoms with Gasteiger partial charge in [-0.3, -0.25) is 0 Å². The molecular formula is C20H21FN6O. The first-order valence-corrected chi connectivity index (χ1v) is 9.08. The molecule has 8 heteroatoms. The first-order chi connectivity index (χ1) is 13.7. The van der Waals surface area contributed by atoms with Gasteiger partial charge < -0.3 is 14.5 Å². The van der Waals surface area contributed by atoms with Gasteiger partial charge in [0.25, 0.3) is 0 Å². The Morgan fingerprint density at radius 3 is 2.29 bits per heavy atom. The van der Waals surface area contributed by atoms with Crippen LogP contribution < -0.4 is 9.64 Å². The zero-order valence-corrected chi connectivity index (χ0v) is 15.6. The fourth-order valence-electron chi connectivity index (χ4n) is 3.16. The topological polar surface area (TPSA) is 59.3 Å². The van der Waals surface area contributed by atoms with Crippen molar-refractivity contribution >= 4 is 11.8 Å². The van der Waals surface area contributed by atoms with E-state index in [9.17, 15) is 4.39 Å². The lowest BCUT2D eigenvalue weighted by Crippen LogP contribution is -2.44. The molecule has 0 bridgehead atoms. The number of hydrogen-bond donors (Lipinski definition) is 0. The third-order valence-electron chi connectivity index (χ3n) is 4.75. The van der Waals surface area contributed by atoms with Gasteiger partial charge in [0.1, 0.15) is 11.6 Å². The van der Waals surface area contributed by atoms with Gasteiger partial charge in [-0.1, -0.05) is 0 Å². The monoisotopic (exact) mass is 380 g/mol. The minimum atomic E-state index is -0.208. The van der Waals surface area contributed by atoms with Crippen LogP contribution in [0.2, 0.25) is 0 Å². The number of aromatic nitrogens is 4. The van der Waals surface area contributed by atoms with Crippen molar-refractivity contribution in [1.82, 2.24) is 25.1 Å². The summed E-state index contributed by atoms with van der Waals surface area (Å²) >= 11 is 0. The second kappa shape index (κ2) is 8.08. The van der Waals surface area contributed by atoms with Crippen LogP contribution in [-0.4, -0.2) is 58.4 Å². The fraction of sp³-hybridized carbons (Fsp3) is 0.250. The molecule has 2 aromatic carbocycles. The summed E-state index contributed by atoms with van der Waals surface area (Å²) in [6.45, 7) is 3.49. The highest BCUT2D eigenvalue weighted by Gasteiger charge is 2.15. The maximum absolute atomic E-state index is 13.1. The molecular weight excluding hydrogens is 359 g/mol. The van der Waals surface area contributed by atoms with Crippen molar-refractivity contribution in [1.29, 1.82) is 0 Å².